The predicted octanol–water partition coefficient (Wildman–Crippen LogP) is 6.76. The van der Waals surface area contributed by atoms with E-state index in [0.717, 1.165) is 11.8 Å². The largest absolute Gasteiger partial charge is 0.495 e. The number of dihydropyridines is 1. The second-order valence-electron chi connectivity index (χ2n) is 7.69. The molecule has 2 aromatic rings. The van der Waals surface area contributed by atoms with Gasteiger partial charge < -0.3 is 15.4 Å². The van der Waals surface area contributed by atoms with E-state index in [4.69, 9.17) is 16.3 Å². The molecule has 1 heterocycles. The Morgan fingerprint density at radius 1 is 1.23 bits per heavy atom. The van der Waals surface area contributed by atoms with Gasteiger partial charge in [0, 0.05) is 22.7 Å². The van der Waals surface area contributed by atoms with Crippen LogP contribution in [0.25, 0.3) is 0 Å². The highest BCUT2D eigenvalue weighted by atomic mass is 35.5. The van der Waals surface area contributed by atoms with E-state index < -0.39 is 24.4 Å². The zero-order chi connectivity index (χ0) is 25.6. The van der Waals surface area contributed by atoms with E-state index in [1.165, 1.54) is 7.11 Å². The molecule has 1 aliphatic heterocycles. The summed E-state index contributed by atoms with van der Waals surface area (Å²) in [5.41, 5.74) is 1.96. The number of ether oxygens (including phenoxy) is 1. The Bertz CT molecular complexity index is 1200. The van der Waals surface area contributed by atoms with Gasteiger partial charge in [-0.05, 0) is 42.9 Å². The van der Waals surface area contributed by atoms with Crippen molar-refractivity contribution in [1.82, 2.24) is 5.32 Å². The maximum atomic E-state index is 13.5. The number of amides is 1. The number of rotatable bonds is 8. The summed E-state index contributed by atoms with van der Waals surface area (Å²) >= 11 is 7.59. The second-order valence-corrected chi connectivity index (χ2v) is 9.21. The van der Waals surface area contributed by atoms with E-state index in [-0.39, 0.29) is 23.3 Å². The Morgan fingerprint density at radius 3 is 2.57 bits per heavy atom. The molecule has 2 aromatic carbocycles. The van der Waals surface area contributed by atoms with Crippen molar-refractivity contribution >= 4 is 35.0 Å². The zero-order valence-corrected chi connectivity index (χ0v) is 20.6. The number of carbonyl (C=O) groups excluding carboxylic acids is 1. The fourth-order valence-electron chi connectivity index (χ4n) is 3.73. The van der Waals surface area contributed by atoms with Gasteiger partial charge in [0.2, 0.25) is 0 Å². The third-order valence-electron chi connectivity index (χ3n) is 5.31. The van der Waals surface area contributed by atoms with Gasteiger partial charge in [0.15, 0.2) is 0 Å². The molecule has 184 valence electrons. The standard InChI is InChI=1S/C25H23ClF3N3O2S/c1-15-21(23(33)32-19-10-5-6-11-20(19)34-2)22(16-8-3-4-9-18(16)26)17(14-30)24(31-15)35-13-7-12-25(27,28)29/h3-6,8-11,22,31H,7,12-13H2,1-2H3,(H,32,33). The summed E-state index contributed by atoms with van der Waals surface area (Å²) in [5.74, 6) is -0.652. The quantitative estimate of drug-likeness (QED) is 0.375. The lowest BCUT2D eigenvalue weighted by molar-refractivity contribution is -0.134. The summed E-state index contributed by atoms with van der Waals surface area (Å²) in [5, 5.41) is 16.7. The van der Waals surface area contributed by atoms with Gasteiger partial charge in [0.25, 0.3) is 5.91 Å². The van der Waals surface area contributed by atoms with E-state index >= 15 is 0 Å². The number of nitrogens with zero attached hydrogens (tertiary/aromatic N) is 1. The first-order valence-electron chi connectivity index (χ1n) is 10.7. The first kappa shape index (κ1) is 26.5. The lowest BCUT2D eigenvalue weighted by Crippen LogP contribution is -2.31. The lowest BCUT2D eigenvalue weighted by Gasteiger charge is -2.30. The molecule has 3 rings (SSSR count). The molecule has 0 radical (unpaired) electrons. The molecule has 1 atom stereocenters. The third-order valence-corrected chi connectivity index (χ3v) is 6.76. The van der Waals surface area contributed by atoms with Crippen LogP contribution in [-0.4, -0.2) is 24.9 Å². The van der Waals surface area contributed by atoms with Crippen LogP contribution in [0.2, 0.25) is 5.02 Å². The van der Waals surface area contributed by atoms with Crippen LogP contribution in [0.4, 0.5) is 18.9 Å². The van der Waals surface area contributed by atoms with Gasteiger partial charge >= 0.3 is 6.18 Å². The van der Waals surface area contributed by atoms with Gasteiger partial charge in [-0.3, -0.25) is 4.79 Å². The maximum absolute atomic E-state index is 13.5. The van der Waals surface area contributed by atoms with Crippen LogP contribution in [-0.2, 0) is 4.79 Å². The van der Waals surface area contributed by atoms with Crippen LogP contribution < -0.4 is 15.4 Å². The molecular formula is C25H23ClF3N3O2S. The van der Waals surface area contributed by atoms with Gasteiger partial charge in [0.1, 0.15) is 5.75 Å². The van der Waals surface area contributed by atoms with Gasteiger partial charge in [-0.25, -0.2) is 0 Å². The van der Waals surface area contributed by atoms with Crippen molar-refractivity contribution in [3.8, 4) is 11.8 Å². The van der Waals surface area contributed by atoms with Gasteiger partial charge in [-0.1, -0.05) is 41.9 Å². The van der Waals surface area contributed by atoms with Crippen LogP contribution in [0.5, 0.6) is 5.75 Å². The summed E-state index contributed by atoms with van der Waals surface area (Å²) in [6.07, 6.45) is -5.25. The first-order valence-corrected chi connectivity index (χ1v) is 12.0. The van der Waals surface area contributed by atoms with Crippen molar-refractivity contribution in [2.24, 2.45) is 0 Å². The number of hydrogen-bond acceptors (Lipinski definition) is 5. The number of nitriles is 1. The number of hydrogen-bond donors (Lipinski definition) is 2. The molecule has 35 heavy (non-hydrogen) atoms. The van der Waals surface area contributed by atoms with Crippen molar-refractivity contribution in [3.63, 3.8) is 0 Å². The normalized spacial score (nSPS) is 16.0. The van der Waals surface area contributed by atoms with Crippen LogP contribution in [0.15, 0.2) is 70.4 Å². The number of allylic oxidation sites excluding steroid dienone is 2. The molecule has 1 unspecified atom stereocenters. The number of halogens is 4. The highest BCUT2D eigenvalue weighted by molar-refractivity contribution is 8.03. The van der Waals surface area contributed by atoms with E-state index in [0.29, 0.717) is 32.7 Å². The lowest BCUT2D eigenvalue weighted by atomic mass is 9.82. The number of thioether (sulfide) groups is 1. The average Bonchev–Trinajstić information content (AvgIpc) is 2.81. The SMILES string of the molecule is COc1ccccc1NC(=O)C1=C(C)NC(SCCCC(F)(F)F)=C(C#N)C1c1ccccc1Cl. The van der Waals surface area contributed by atoms with Crippen molar-refractivity contribution in [3.05, 3.63) is 81.0 Å². The second kappa shape index (κ2) is 11.6. The zero-order valence-electron chi connectivity index (χ0n) is 19.0. The molecule has 0 bridgehead atoms. The Morgan fingerprint density at radius 2 is 1.91 bits per heavy atom. The minimum Gasteiger partial charge on any atom is -0.495 e. The fourth-order valence-corrected chi connectivity index (χ4v) is 5.01. The molecule has 0 fully saturated rings. The smallest absolute Gasteiger partial charge is 0.389 e. The Hall–Kier alpha value is -3.09. The summed E-state index contributed by atoms with van der Waals surface area (Å²) in [4.78, 5) is 13.5. The summed E-state index contributed by atoms with van der Waals surface area (Å²) in [6, 6.07) is 15.9. The molecular weight excluding hydrogens is 499 g/mol. The van der Waals surface area contributed by atoms with Crippen LogP contribution in [0, 0.1) is 11.3 Å². The number of nitrogens with one attached hydrogen (secondary N) is 2. The fraction of sp³-hybridized carbons (Fsp3) is 0.280. The summed E-state index contributed by atoms with van der Waals surface area (Å²) < 4.78 is 43.0. The maximum Gasteiger partial charge on any atom is 0.389 e. The van der Waals surface area contributed by atoms with Crippen LogP contribution in [0.3, 0.4) is 0 Å². The van der Waals surface area contributed by atoms with E-state index in [1.54, 1.807) is 55.5 Å². The number of carbonyl (C=O) groups is 1. The number of alkyl halides is 3. The molecule has 2 N–H and O–H groups in total. The van der Waals surface area contributed by atoms with Crippen molar-refractivity contribution in [2.75, 3.05) is 18.2 Å². The molecule has 0 saturated heterocycles. The Labute approximate surface area is 211 Å². The average molecular weight is 522 g/mol. The van der Waals surface area contributed by atoms with Crippen molar-refractivity contribution < 1.29 is 22.7 Å². The highest BCUT2D eigenvalue weighted by Crippen LogP contribution is 2.43. The highest BCUT2D eigenvalue weighted by Gasteiger charge is 2.36. The third kappa shape index (κ3) is 6.53. The molecule has 0 aromatic heterocycles. The molecule has 5 nitrogen and oxygen atoms in total. The van der Waals surface area contributed by atoms with E-state index in [9.17, 15) is 23.2 Å². The minimum absolute atomic E-state index is 0.0985. The number of para-hydroxylation sites is 2. The summed E-state index contributed by atoms with van der Waals surface area (Å²) in [7, 11) is 1.49. The van der Waals surface area contributed by atoms with E-state index in [1.807, 2.05) is 0 Å². The van der Waals surface area contributed by atoms with Crippen LogP contribution in [0.1, 0.15) is 31.2 Å². The van der Waals surface area contributed by atoms with Gasteiger partial charge in [-0.2, -0.15) is 18.4 Å². The number of benzene rings is 2. The van der Waals surface area contributed by atoms with Gasteiger partial charge in [0.05, 0.1) is 35.4 Å². The number of methoxy groups -OCH3 is 1. The molecule has 10 heteroatoms. The number of anilines is 1. The summed E-state index contributed by atoms with van der Waals surface area (Å²) in [6.45, 7) is 1.69. The molecule has 0 aliphatic carbocycles. The first-order chi connectivity index (χ1) is 16.7. The molecule has 0 spiro atoms. The minimum atomic E-state index is -4.24. The van der Waals surface area contributed by atoms with E-state index in [2.05, 4.69) is 16.7 Å². The van der Waals surface area contributed by atoms with Crippen molar-refractivity contribution in [1.29, 1.82) is 5.26 Å². The predicted molar refractivity (Wildman–Crippen MR) is 132 cm³/mol. The Kier molecular flexibility index (Phi) is 8.76. The molecule has 1 amide bonds. The topological polar surface area (TPSA) is 74.2 Å². The van der Waals surface area contributed by atoms with Crippen molar-refractivity contribution in [2.45, 2.75) is 31.9 Å². The Balaban J connectivity index is 1.99. The van der Waals surface area contributed by atoms with Gasteiger partial charge in [-0.15, -0.1) is 11.8 Å². The van der Waals surface area contributed by atoms with Crippen LogP contribution >= 0.6 is 23.4 Å². The molecule has 1 aliphatic rings. The molecule has 0 saturated carbocycles. The monoisotopic (exact) mass is 521 g/mol.